The van der Waals surface area contributed by atoms with Gasteiger partial charge < -0.3 is 15.5 Å². The molecule has 3 nitrogen and oxygen atoms in total. The molecule has 0 bridgehead atoms. The summed E-state index contributed by atoms with van der Waals surface area (Å²) in [5, 5.41) is 4.66. The van der Waals surface area contributed by atoms with E-state index in [0.29, 0.717) is 11.7 Å². The summed E-state index contributed by atoms with van der Waals surface area (Å²) in [6.07, 6.45) is 5.78. The number of rotatable bonds is 3. The van der Waals surface area contributed by atoms with E-state index in [4.69, 9.17) is 10.2 Å². The molecule has 0 saturated heterocycles. The van der Waals surface area contributed by atoms with Gasteiger partial charge >= 0.3 is 0 Å². The van der Waals surface area contributed by atoms with Crippen LogP contribution in [0.15, 0.2) is 28.9 Å². The fourth-order valence-electron chi connectivity index (χ4n) is 2.14. The number of nitrogen functional groups attached to an aromatic ring is 1. The van der Waals surface area contributed by atoms with Gasteiger partial charge in [0.15, 0.2) is 5.58 Å². The quantitative estimate of drug-likeness (QED) is 0.775. The van der Waals surface area contributed by atoms with Gasteiger partial charge in [0.1, 0.15) is 0 Å². The summed E-state index contributed by atoms with van der Waals surface area (Å²) in [5.74, 6) is 0. The molecule has 0 unspecified atom stereocenters. The van der Waals surface area contributed by atoms with Crippen molar-refractivity contribution >= 4 is 16.7 Å². The van der Waals surface area contributed by atoms with Gasteiger partial charge in [0.2, 0.25) is 0 Å². The van der Waals surface area contributed by atoms with E-state index >= 15 is 0 Å². The van der Waals surface area contributed by atoms with Crippen molar-refractivity contribution in [2.75, 3.05) is 5.73 Å². The maximum Gasteiger partial charge on any atom is 0.157 e. The molecule has 0 amide bonds. The highest BCUT2D eigenvalue weighted by Gasteiger charge is 2.17. The summed E-state index contributed by atoms with van der Waals surface area (Å²) in [6.45, 7) is 0.876. The van der Waals surface area contributed by atoms with E-state index in [1.165, 1.54) is 24.8 Å². The van der Waals surface area contributed by atoms with Gasteiger partial charge in [-0.3, -0.25) is 0 Å². The first-order valence-electron chi connectivity index (χ1n) is 5.82. The first kappa shape index (κ1) is 9.73. The lowest BCUT2D eigenvalue weighted by Gasteiger charge is -2.26. The Morgan fingerprint density at radius 1 is 1.38 bits per heavy atom. The molecule has 1 aromatic heterocycles. The van der Waals surface area contributed by atoms with Crippen molar-refractivity contribution in [1.29, 1.82) is 0 Å². The van der Waals surface area contributed by atoms with Crippen molar-refractivity contribution in [3.63, 3.8) is 0 Å². The van der Waals surface area contributed by atoms with Gasteiger partial charge in [-0.05, 0) is 18.9 Å². The van der Waals surface area contributed by atoms with Crippen LogP contribution in [0.4, 0.5) is 5.69 Å². The van der Waals surface area contributed by atoms with Crippen LogP contribution in [-0.2, 0) is 6.54 Å². The predicted octanol–water partition coefficient (Wildman–Crippen LogP) is 2.66. The molecular weight excluding hydrogens is 200 g/mol. The van der Waals surface area contributed by atoms with Crippen LogP contribution in [0.1, 0.15) is 24.8 Å². The number of para-hydroxylation sites is 1. The van der Waals surface area contributed by atoms with Gasteiger partial charge in [-0.2, -0.15) is 0 Å². The Morgan fingerprint density at radius 2 is 2.25 bits per heavy atom. The standard InChI is InChI=1S/C13H16N2O/c14-12-6-2-5-11-9(8-16-13(11)12)7-15-10-3-1-4-10/h2,5-6,8,10,15H,1,3-4,7,14H2. The number of fused-ring (bicyclic) bond motifs is 1. The van der Waals surface area contributed by atoms with Crippen LogP contribution in [0.5, 0.6) is 0 Å². The highest BCUT2D eigenvalue weighted by molar-refractivity contribution is 5.90. The molecule has 0 spiro atoms. The Balaban J connectivity index is 1.83. The second kappa shape index (κ2) is 3.83. The molecular formula is C13H16N2O. The Labute approximate surface area is 94.6 Å². The molecule has 2 aromatic rings. The molecule has 16 heavy (non-hydrogen) atoms. The molecule has 0 atom stereocenters. The molecule has 3 rings (SSSR count). The third-order valence-corrected chi connectivity index (χ3v) is 3.40. The van der Waals surface area contributed by atoms with Gasteiger partial charge in [0.25, 0.3) is 0 Å². The predicted molar refractivity (Wildman–Crippen MR) is 65.1 cm³/mol. The minimum absolute atomic E-state index is 0.700. The second-order valence-corrected chi connectivity index (χ2v) is 4.49. The number of nitrogens with one attached hydrogen (secondary N) is 1. The molecule has 84 valence electrons. The van der Waals surface area contributed by atoms with E-state index in [1.807, 2.05) is 18.4 Å². The fraction of sp³-hybridized carbons (Fsp3) is 0.385. The minimum atomic E-state index is 0.700. The first-order valence-corrected chi connectivity index (χ1v) is 5.82. The minimum Gasteiger partial charge on any atom is -0.462 e. The Kier molecular flexibility index (Phi) is 2.33. The molecule has 1 aliphatic carbocycles. The number of nitrogens with two attached hydrogens (primary N) is 1. The zero-order valence-corrected chi connectivity index (χ0v) is 9.20. The topological polar surface area (TPSA) is 51.2 Å². The van der Waals surface area contributed by atoms with Crippen molar-refractivity contribution in [2.24, 2.45) is 0 Å². The summed E-state index contributed by atoms with van der Waals surface area (Å²) < 4.78 is 5.50. The Bertz CT molecular complexity index is 500. The third kappa shape index (κ3) is 1.57. The normalized spacial score (nSPS) is 16.5. The summed E-state index contributed by atoms with van der Waals surface area (Å²) in [5.41, 5.74) is 8.58. The largest absolute Gasteiger partial charge is 0.462 e. The zero-order valence-electron chi connectivity index (χ0n) is 9.20. The van der Waals surface area contributed by atoms with Gasteiger partial charge in [-0.1, -0.05) is 18.6 Å². The lowest BCUT2D eigenvalue weighted by Crippen LogP contribution is -2.34. The molecule has 1 fully saturated rings. The van der Waals surface area contributed by atoms with Gasteiger partial charge in [0.05, 0.1) is 12.0 Å². The number of benzene rings is 1. The van der Waals surface area contributed by atoms with Crippen molar-refractivity contribution in [1.82, 2.24) is 5.32 Å². The summed E-state index contributed by atoms with van der Waals surface area (Å²) >= 11 is 0. The van der Waals surface area contributed by atoms with Crippen LogP contribution in [0.2, 0.25) is 0 Å². The third-order valence-electron chi connectivity index (χ3n) is 3.40. The first-order chi connectivity index (χ1) is 7.84. The molecule has 1 saturated carbocycles. The van der Waals surface area contributed by atoms with E-state index in [9.17, 15) is 0 Å². The van der Waals surface area contributed by atoms with E-state index < -0.39 is 0 Å². The van der Waals surface area contributed by atoms with Crippen LogP contribution in [0, 0.1) is 0 Å². The van der Waals surface area contributed by atoms with Crippen LogP contribution < -0.4 is 11.1 Å². The van der Waals surface area contributed by atoms with Crippen LogP contribution >= 0.6 is 0 Å². The van der Waals surface area contributed by atoms with Crippen LogP contribution in [0.25, 0.3) is 11.0 Å². The number of anilines is 1. The highest BCUT2D eigenvalue weighted by Crippen LogP contribution is 2.26. The Morgan fingerprint density at radius 3 is 3.00 bits per heavy atom. The van der Waals surface area contributed by atoms with Crippen molar-refractivity contribution in [2.45, 2.75) is 31.8 Å². The lowest BCUT2D eigenvalue weighted by molar-refractivity contribution is 0.338. The molecule has 0 radical (unpaired) electrons. The van der Waals surface area contributed by atoms with Crippen molar-refractivity contribution < 1.29 is 4.42 Å². The average molecular weight is 216 g/mol. The molecule has 3 heteroatoms. The lowest BCUT2D eigenvalue weighted by atomic mass is 9.93. The number of hydrogen-bond acceptors (Lipinski definition) is 3. The van der Waals surface area contributed by atoms with Crippen molar-refractivity contribution in [3.8, 4) is 0 Å². The highest BCUT2D eigenvalue weighted by atomic mass is 16.3. The summed E-state index contributed by atoms with van der Waals surface area (Å²) in [4.78, 5) is 0. The zero-order chi connectivity index (χ0) is 11.0. The van der Waals surface area contributed by atoms with E-state index in [1.54, 1.807) is 0 Å². The average Bonchev–Trinajstić information content (AvgIpc) is 2.61. The maximum absolute atomic E-state index is 5.85. The van der Waals surface area contributed by atoms with E-state index in [-0.39, 0.29) is 0 Å². The van der Waals surface area contributed by atoms with Crippen LogP contribution in [-0.4, -0.2) is 6.04 Å². The van der Waals surface area contributed by atoms with E-state index in [2.05, 4.69) is 11.4 Å². The SMILES string of the molecule is Nc1cccc2c(CNC3CCC3)coc12. The number of hydrogen-bond donors (Lipinski definition) is 2. The molecule has 3 N–H and O–H groups in total. The summed E-state index contributed by atoms with van der Waals surface area (Å²) in [7, 11) is 0. The monoisotopic (exact) mass is 216 g/mol. The molecule has 0 aliphatic heterocycles. The molecule has 1 aromatic carbocycles. The second-order valence-electron chi connectivity index (χ2n) is 4.49. The van der Waals surface area contributed by atoms with Gasteiger partial charge in [-0.15, -0.1) is 0 Å². The molecule has 1 heterocycles. The Hall–Kier alpha value is -1.48. The smallest absolute Gasteiger partial charge is 0.157 e. The number of furan rings is 1. The van der Waals surface area contributed by atoms with Crippen molar-refractivity contribution in [3.05, 3.63) is 30.0 Å². The van der Waals surface area contributed by atoms with Crippen LogP contribution in [0.3, 0.4) is 0 Å². The van der Waals surface area contributed by atoms with Gasteiger partial charge in [-0.25, -0.2) is 0 Å². The van der Waals surface area contributed by atoms with Gasteiger partial charge in [0, 0.05) is 23.5 Å². The summed E-state index contributed by atoms with van der Waals surface area (Å²) in [6, 6.07) is 6.60. The fourth-order valence-corrected chi connectivity index (χ4v) is 2.14. The van der Waals surface area contributed by atoms with E-state index in [0.717, 1.165) is 17.5 Å². The molecule has 1 aliphatic rings. The maximum atomic E-state index is 5.85.